The topological polar surface area (TPSA) is 72.6 Å². The van der Waals surface area contributed by atoms with Crippen LogP contribution in [-0.4, -0.2) is 25.0 Å². The molecule has 23 heavy (non-hydrogen) atoms. The van der Waals surface area contributed by atoms with E-state index in [1.807, 2.05) is 0 Å². The summed E-state index contributed by atoms with van der Waals surface area (Å²) in [5.74, 6) is -1.44. The number of nitrogens with zero attached hydrogens (tertiary/aromatic N) is 1. The van der Waals surface area contributed by atoms with E-state index >= 15 is 0 Å². The SMILES string of the molecule is COC(=O)[C@H](C)N(C(=O)c1cccc(N)c1)c1ccc(F)cc1. The number of nitrogen functional groups attached to an aromatic ring is 1. The third kappa shape index (κ3) is 3.66. The minimum Gasteiger partial charge on any atom is -0.467 e. The van der Waals surface area contributed by atoms with E-state index in [-0.39, 0.29) is 0 Å². The summed E-state index contributed by atoms with van der Waals surface area (Å²) in [6.07, 6.45) is 0. The molecular formula is C17H17FN2O3. The largest absolute Gasteiger partial charge is 0.467 e. The Bertz CT molecular complexity index is 716. The van der Waals surface area contributed by atoms with Gasteiger partial charge in [-0.05, 0) is 49.4 Å². The zero-order valence-electron chi connectivity index (χ0n) is 12.8. The van der Waals surface area contributed by atoms with Gasteiger partial charge < -0.3 is 10.5 Å². The van der Waals surface area contributed by atoms with Crippen LogP contribution in [0.25, 0.3) is 0 Å². The Kier molecular flexibility index (Phi) is 4.95. The van der Waals surface area contributed by atoms with Gasteiger partial charge in [-0.25, -0.2) is 9.18 Å². The Hall–Kier alpha value is -2.89. The molecule has 6 heteroatoms. The Labute approximate surface area is 133 Å². The summed E-state index contributed by atoms with van der Waals surface area (Å²) in [4.78, 5) is 25.9. The second kappa shape index (κ2) is 6.91. The monoisotopic (exact) mass is 316 g/mol. The fourth-order valence-electron chi connectivity index (χ4n) is 2.21. The van der Waals surface area contributed by atoms with Crippen LogP contribution < -0.4 is 10.6 Å². The van der Waals surface area contributed by atoms with E-state index in [1.54, 1.807) is 25.1 Å². The number of nitrogens with two attached hydrogens (primary N) is 1. The molecule has 0 aliphatic heterocycles. The number of anilines is 2. The molecule has 0 bridgehead atoms. The van der Waals surface area contributed by atoms with Crippen LogP contribution in [-0.2, 0) is 9.53 Å². The van der Waals surface area contributed by atoms with Crippen LogP contribution in [0, 0.1) is 5.82 Å². The number of rotatable bonds is 4. The molecule has 1 atom stereocenters. The molecule has 0 unspecified atom stereocenters. The molecule has 2 rings (SSSR count). The van der Waals surface area contributed by atoms with Gasteiger partial charge in [-0.2, -0.15) is 0 Å². The summed E-state index contributed by atoms with van der Waals surface area (Å²) >= 11 is 0. The number of benzene rings is 2. The van der Waals surface area contributed by atoms with Crippen molar-refractivity contribution >= 4 is 23.3 Å². The molecule has 0 radical (unpaired) electrons. The maximum absolute atomic E-state index is 13.1. The van der Waals surface area contributed by atoms with Crippen molar-refractivity contribution in [1.82, 2.24) is 0 Å². The van der Waals surface area contributed by atoms with Crippen molar-refractivity contribution in [1.29, 1.82) is 0 Å². The lowest BCUT2D eigenvalue weighted by Gasteiger charge is -2.27. The van der Waals surface area contributed by atoms with Crippen LogP contribution >= 0.6 is 0 Å². The van der Waals surface area contributed by atoms with E-state index in [0.29, 0.717) is 16.9 Å². The second-order valence-electron chi connectivity index (χ2n) is 4.98. The first-order valence-corrected chi connectivity index (χ1v) is 6.96. The molecule has 0 aliphatic rings. The van der Waals surface area contributed by atoms with Crippen molar-refractivity contribution in [2.75, 3.05) is 17.7 Å². The van der Waals surface area contributed by atoms with Crippen molar-refractivity contribution < 1.29 is 18.7 Å². The van der Waals surface area contributed by atoms with Gasteiger partial charge in [0, 0.05) is 16.9 Å². The van der Waals surface area contributed by atoms with E-state index in [1.165, 1.54) is 42.3 Å². The third-order valence-electron chi connectivity index (χ3n) is 3.39. The molecule has 0 saturated heterocycles. The molecule has 0 fully saturated rings. The molecule has 0 aromatic heterocycles. The minimum absolute atomic E-state index is 0.324. The van der Waals surface area contributed by atoms with Crippen LogP contribution in [0.5, 0.6) is 0 Å². The average molecular weight is 316 g/mol. The van der Waals surface area contributed by atoms with Crippen molar-refractivity contribution in [3.05, 3.63) is 59.9 Å². The second-order valence-corrected chi connectivity index (χ2v) is 4.98. The number of esters is 1. The predicted octanol–water partition coefficient (Wildman–Crippen LogP) is 2.62. The molecule has 1 amide bonds. The van der Waals surface area contributed by atoms with Crippen molar-refractivity contribution in [2.24, 2.45) is 0 Å². The highest BCUT2D eigenvalue weighted by atomic mass is 19.1. The van der Waals surface area contributed by atoms with E-state index in [2.05, 4.69) is 0 Å². The summed E-state index contributed by atoms with van der Waals surface area (Å²) in [6.45, 7) is 1.54. The summed E-state index contributed by atoms with van der Waals surface area (Å²) < 4.78 is 17.9. The predicted molar refractivity (Wildman–Crippen MR) is 85.5 cm³/mol. The van der Waals surface area contributed by atoms with E-state index in [4.69, 9.17) is 10.5 Å². The van der Waals surface area contributed by atoms with Gasteiger partial charge in [-0.1, -0.05) is 6.07 Å². The number of halogens is 1. The van der Waals surface area contributed by atoms with Gasteiger partial charge in [-0.15, -0.1) is 0 Å². The lowest BCUT2D eigenvalue weighted by molar-refractivity contribution is -0.141. The minimum atomic E-state index is -0.876. The van der Waals surface area contributed by atoms with E-state index < -0.39 is 23.7 Å². The first-order valence-electron chi connectivity index (χ1n) is 6.96. The summed E-state index contributed by atoms with van der Waals surface area (Å²) in [7, 11) is 1.24. The van der Waals surface area contributed by atoms with Gasteiger partial charge in [0.2, 0.25) is 0 Å². The molecular weight excluding hydrogens is 299 g/mol. The van der Waals surface area contributed by atoms with Crippen LogP contribution in [0.2, 0.25) is 0 Å². The quantitative estimate of drug-likeness (QED) is 0.695. The highest BCUT2D eigenvalue weighted by Gasteiger charge is 2.29. The first-order chi connectivity index (χ1) is 10.9. The number of amides is 1. The number of ether oxygens (including phenoxy) is 1. The van der Waals surface area contributed by atoms with E-state index in [9.17, 15) is 14.0 Å². The van der Waals surface area contributed by atoms with Gasteiger partial charge in [0.05, 0.1) is 7.11 Å². The summed E-state index contributed by atoms with van der Waals surface area (Å²) in [5, 5.41) is 0. The highest BCUT2D eigenvalue weighted by molar-refractivity contribution is 6.09. The van der Waals surface area contributed by atoms with Gasteiger partial charge >= 0.3 is 5.97 Å². The normalized spacial score (nSPS) is 11.6. The summed E-state index contributed by atoms with van der Waals surface area (Å²) in [5.41, 5.74) is 6.85. The molecule has 0 heterocycles. The fourth-order valence-corrected chi connectivity index (χ4v) is 2.21. The van der Waals surface area contributed by atoms with Gasteiger partial charge in [0.1, 0.15) is 11.9 Å². The zero-order chi connectivity index (χ0) is 17.0. The molecule has 2 N–H and O–H groups in total. The third-order valence-corrected chi connectivity index (χ3v) is 3.39. The molecule has 2 aromatic carbocycles. The Morgan fingerprint density at radius 2 is 1.83 bits per heavy atom. The standard InChI is InChI=1S/C17H17FN2O3/c1-11(17(22)23-2)20(15-8-6-13(18)7-9-15)16(21)12-4-3-5-14(19)10-12/h3-11H,19H2,1-2H3/t11-/m0/s1. The molecule has 0 aliphatic carbocycles. The van der Waals surface area contributed by atoms with Crippen molar-refractivity contribution in [2.45, 2.75) is 13.0 Å². The fraction of sp³-hybridized carbons (Fsp3) is 0.176. The molecule has 120 valence electrons. The number of methoxy groups -OCH3 is 1. The number of hydrogen-bond donors (Lipinski definition) is 1. The molecule has 2 aromatic rings. The van der Waals surface area contributed by atoms with E-state index in [0.717, 1.165) is 0 Å². The van der Waals surface area contributed by atoms with Gasteiger partial charge in [0.25, 0.3) is 5.91 Å². The molecule has 0 saturated carbocycles. The Morgan fingerprint density at radius 1 is 1.17 bits per heavy atom. The smallest absolute Gasteiger partial charge is 0.328 e. The van der Waals surface area contributed by atoms with Crippen molar-refractivity contribution in [3.63, 3.8) is 0 Å². The lowest BCUT2D eigenvalue weighted by atomic mass is 10.1. The number of carbonyl (C=O) groups excluding carboxylic acids is 2. The first kappa shape index (κ1) is 16.5. The molecule has 0 spiro atoms. The lowest BCUT2D eigenvalue weighted by Crippen LogP contribution is -2.44. The van der Waals surface area contributed by atoms with Crippen LogP contribution in [0.4, 0.5) is 15.8 Å². The Balaban J connectivity index is 2.46. The maximum Gasteiger partial charge on any atom is 0.328 e. The van der Waals surface area contributed by atoms with Gasteiger partial charge in [-0.3, -0.25) is 9.69 Å². The highest BCUT2D eigenvalue weighted by Crippen LogP contribution is 2.22. The summed E-state index contributed by atoms with van der Waals surface area (Å²) in [6, 6.07) is 10.8. The van der Waals surface area contributed by atoms with Gasteiger partial charge in [0.15, 0.2) is 0 Å². The maximum atomic E-state index is 13.1. The van der Waals surface area contributed by atoms with Crippen molar-refractivity contribution in [3.8, 4) is 0 Å². The zero-order valence-corrected chi connectivity index (χ0v) is 12.8. The molecule has 5 nitrogen and oxygen atoms in total. The van der Waals surface area contributed by atoms with Crippen LogP contribution in [0.15, 0.2) is 48.5 Å². The average Bonchev–Trinajstić information content (AvgIpc) is 2.55. The van der Waals surface area contributed by atoms with Crippen LogP contribution in [0.1, 0.15) is 17.3 Å². The van der Waals surface area contributed by atoms with Crippen LogP contribution in [0.3, 0.4) is 0 Å². The Morgan fingerprint density at radius 3 is 2.39 bits per heavy atom. The number of carbonyl (C=O) groups is 2. The number of hydrogen-bond acceptors (Lipinski definition) is 4.